The maximum absolute atomic E-state index is 12.9. The highest BCUT2D eigenvalue weighted by molar-refractivity contribution is 6.00. The van der Waals surface area contributed by atoms with E-state index in [1.807, 2.05) is 0 Å². The SMILES string of the molecule is CCCCC(CCCC)C(=O)c1c(C)cc(C)cc1C. The van der Waals surface area contributed by atoms with Crippen molar-refractivity contribution in [3.63, 3.8) is 0 Å². The van der Waals surface area contributed by atoms with Crippen LogP contribution in [-0.2, 0) is 0 Å². The van der Waals surface area contributed by atoms with Crippen molar-refractivity contribution in [3.05, 3.63) is 34.4 Å². The standard InChI is InChI=1S/C19H30O/c1-6-8-10-17(11-9-7-2)19(20)18-15(4)12-14(3)13-16(18)5/h12-13,17H,6-11H2,1-5H3. The van der Waals surface area contributed by atoms with Crippen molar-refractivity contribution in [1.82, 2.24) is 0 Å². The van der Waals surface area contributed by atoms with Gasteiger partial charge >= 0.3 is 0 Å². The smallest absolute Gasteiger partial charge is 0.166 e. The van der Waals surface area contributed by atoms with Gasteiger partial charge in [-0.25, -0.2) is 0 Å². The van der Waals surface area contributed by atoms with Gasteiger partial charge in [-0.1, -0.05) is 57.2 Å². The largest absolute Gasteiger partial charge is 0.294 e. The highest BCUT2D eigenvalue weighted by Crippen LogP contribution is 2.26. The Morgan fingerprint density at radius 3 is 1.80 bits per heavy atom. The van der Waals surface area contributed by atoms with Crippen LogP contribution < -0.4 is 0 Å². The summed E-state index contributed by atoms with van der Waals surface area (Å²) in [6.07, 6.45) is 6.74. The van der Waals surface area contributed by atoms with Gasteiger partial charge in [0.25, 0.3) is 0 Å². The first-order chi connectivity index (χ1) is 9.51. The van der Waals surface area contributed by atoms with Crippen LogP contribution >= 0.6 is 0 Å². The second kappa shape index (κ2) is 8.24. The molecule has 0 unspecified atom stereocenters. The molecule has 0 heterocycles. The van der Waals surface area contributed by atoms with Crippen molar-refractivity contribution in [2.24, 2.45) is 5.92 Å². The number of unbranched alkanes of at least 4 members (excludes halogenated alkanes) is 2. The Balaban J connectivity index is 2.98. The Hall–Kier alpha value is -1.11. The van der Waals surface area contributed by atoms with E-state index in [0.29, 0.717) is 5.78 Å². The van der Waals surface area contributed by atoms with Crippen molar-refractivity contribution >= 4 is 5.78 Å². The second-order valence-electron chi connectivity index (χ2n) is 6.12. The first-order valence-electron chi connectivity index (χ1n) is 8.13. The number of rotatable bonds is 8. The van der Waals surface area contributed by atoms with E-state index in [9.17, 15) is 4.79 Å². The van der Waals surface area contributed by atoms with Gasteiger partial charge in [-0.15, -0.1) is 0 Å². The molecular weight excluding hydrogens is 244 g/mol. The first kappa shape index (κ1) is 16.9. The van der Waals surface area contributed by atoms with E-state index in [-0.39, 0.29) is 5.92 Å². The lowest BCUT2D eigenvalue weighted by Gasteiger charge is -2.18. The summed E-state index contributed by atoms with van der Waals surface area (Å²) in [6.45, 7) is 10.6. The van der Waals surface area contributed by atoms with Gasteiger partial charge in [0.05, 0.1) is 0 Å². The van der Waals surface area contributed by atoms with E-state index in [2.05, 4.69) is 46.8 Å². The first-order valence-corrected chi connectivity index (χ1v) is 8.13. The number of carbonyl (C=O) groups excluding carboxylic acids is 1. The molecule has 0 saturated heterocycles. The van der Waals surface area contributed by atoms with Crippen molar-refractivity contribution in [2.75, 3.05) is 0 Å². The minimum Gasteiger partial charge on any atom is -0.294 e. The Bertz CT molecular complexity index is 414. The molecule has 0 bridgehead atoms. The van der Waals surface area contributed by atoms with Gasteiger partial charge in [-0.3, -0.25) is 4.79 Å². The fraction of sp³-hybridized carbons (Fsp3) is 0.632. The lowest BCUT2D eigenvalue weighted by molar-refractivity contribution is 0.0901. The van der Waals surface area contributed by atoms with Gasteiger partial charge in [0.1, 0.15) is 0 Å². The Morgan fingerprint density at radius 2 is 1.40 bits per heavy atom. The summed E-state index contributed by atoms with van der Waals surface area (Å²) in [5.41, 5.74) is 4.51. The van der Waals surface area contributed by atoms with E-state index in [4.69, 9.17) is 0 Å². The average molecular weight is 274 g/mol. The van der Waals surface area contributed by atoms with Gasteiger partial charge in [-0.05, 0) is 44.7 Å². The molecule has 1 heteroatoms. The third-order valence-electron chi connectivity index (χ3n) is 4.11. The molecule has 0 aliphatic rings. The molecule has 1 aromatic rings. The molecule has 20 heavy (non-hydrogen) atoms. The Morgan fingerprint density at radius 1 is 0.950 bits per heavy atom. The zero-order valence-electron chi connectivity index (χ0n) is 13.9. The van der Waals surface area contributed by atoms with Crippen molar-refractivity contribution < 1.29 is 4.79 Å². The second-order valence-corrected chi connectivity index (χ2v) is 6.12. The fourth-order valence-electron chi connectivity index (χ4n) is 3.08. The van der Waals surface area contributed by atoms with E-state index >= 15 is 0 Å². The van der Waals surface area contributed by atoms with Crippen LogP contribution in [0.2, 0.25) is 0 Å². The average Bonchev–Trinajstić information content (AvgIpc) is 2.37. The maximum Gasteiger partial charge on any atom is 0.166 e. The van der Waals surface area contributed by atoms with Gasteiger partial charge in [0.15, 0.2) is 5.78 Å². The van der Waals surface area contributed by atoms with E-state index in [0.717, 1.165) is 42.4 Å². The molecule has 1 rings (SSSR count). The van der Waals surface area contributed by atoms with Gasteiger partial charge in [-0.2, -0.15) is 0 Å². The maximum atomic E-state index is 12.9. The molecule has 0 N–H and O–H groups in total. The summed E-state index contributed by atoms with van der Waals surface area (Å²) in [5, 5.41) is 0. The molecule has 0 spiro atoms. The Labute approximate surface area is 124 Å². The number of aryl methyl sites for hydroxylation is 3. The van der Waals surface area contributed by atoms with Crippen LogP contribution in [0, 0.1) is 26.7 Å². The quantitative estimate of drug-likeness (QED) is 0.548. The molecule has 0 aliphatic heterocycles. The molecule has 112 valence electrons. The highest BCUT2D eigenvalue weighted by Gasteiger charge is 2.22. The number of ketones is 1. The number of hydrogen-bond acceptors (Lipinski definition) is 1. The van der Waals surface area contributed by atoms with Crippen molar-refractivity contribution in [2.45, 2.75) is 73.1 Å². The molecule has 0 aliphatic carbocycles. The van der Waals surface area contributed by atoms with Crippen LogP contribution in [0.1, 0.15) is 79.4 Å². The summed E-state index contributed by atoms with van der Waals surface area (Å²) in [6, 6.07) is 4.27. The molecule has 1 nitrogen and oxygen atoms in total. The fourth-order valence-corrected chi connectivity index (χ4v) is 3.08. The zero-order valence-corrected chi connectivity index (χ0v) is 13.9. The summed E-state index contributed by atoms with van der Waals surface area (Å²) in [4.78, 5) is 12.9. The molecular formula is C19H30O. The monoisotopic (exact) mass is 274 g/mol. The van der Waals surface area contributed by atoms with Crippen LogP contribution in [-0.4, -0.2) is 5.78 Å². The lowest BCUT2D eigenvalue weighted by atomic mass is 9.85. The van der Waals surface area contributed by atoms with Crippen LogP contribution in [0.3, 0.4) is 0 Å². The number of carbonyl (C=O) groups is 1. The van der Waals surface area contributed by atoms with Gasteiger partial charge in [0.2, 0.25) is 0 Å². The third kappa shape index (κ3) is 4.47. The van der Waals surface area contributed by atoms with Crippen molar-refractivity contribution in [1.29, 1.82) is 0 Å². The molecule has 0 amide bonds. The van der Waals surface area contributed by atoms with Crippen molar-refractivity contribution in [3.8, 4) is 0 Å². The normalized spacial score (nSPS) is 11.1. The molecule has 0 radical (unpaired) electrons. The number of benzene rings is 1. The van der Waals surface area contributed by atoms with E-state index < -0.39 is 0 Å². The minimum absolute atomic E-state index is 0.218. The van der Waals surface area contributed by atoms with Crippen LogP contribution in [0.5, 0.6) is 0 Å². The highest BCUT2D eigenvalue weighted by atomic mass is 16.1. The lowest BCUT2D eigenvalue weighted by Crippen LogP contribution is -2.17. The number of Topliss-reactive ketones (excluding diaryl/α,β-unsaturated/α-hetero) is 1. The van der Waals surface area contributed by atoms with Crippen LogP contribution in [0.4, 0.5) is 0 Å². The molecule has 1 aromatic carbocycles. The summed E-state index contributed by atoms with van der Waals surface area (Å²) < 4.78 is 0. The summed E-state index contributed by atoms with van der Waals surface area (Å²) in [7, 11) is 0. The van der Waals surface area contributed by atoms with Crippen LogP contribution in [0.25, 0.3) is 0 Å². The summed E-state index contributed by atoms with van der Waals surface area (Å²) in [5.74, 6) is 0.594. The predicted octanol–water partition coefficient (Wildman–Crippen LogP) is 5.79. The molecule has 0 saturated carbocycles. The Kier molecular flexibility index (Phi) is 6.98. The van der Waals surface area contributed by atoms with E-state index in [1.54, 1.807) is 0 Å². The van der Waals surface area contributed by atoms with Crippen LogP contribution in [0.15, 0.2) is 12.1 Å². The number of hydrogen-bond donors (Lipinski definition) is 0. The molecule has 0 fully saturated rings. The van der Waals surface area contributed by atoms with Gasteiger partial charge < -0.3 is 0 Å². The van der Waals surface area contributed by atoms with E-state index in [1.165, 1.54) is 18.4 Å². The third-order valence-corrected chi connectivity index (χ3v) is 4.11. The topological polar surface area (TPSA) is 17.1 Å². The predicted molar refractivity (Wildman–Crippen MR) is 87.5 cm³/mol. The minimum atomic E-state index is 0.218. The summed E-state index contributed by atoms with van der Waals surface area (Å²) >= 11 is 0. The molecule has 0 atom stereocenters. The zero-order chi connectivity index (χ0) is 15.1. The van der Waals surface area contributed by atoms with Gasteiger partial charge in [0, 0.05) is 11.5 Å². The molecule has 0 aromatic heterocycles.